The molecular weight excluding hydrogens is 240 g/mol. The summed E-state index contributed by atoms with van der Waals surface area (Å²) < 4.78 is 0. The van der Waals surface area contributed by atoms with Crippen molar-refractivity contribution in [2.75, 3.05) is 0 Å². The maximum Gasteiger partial charge on any atom is -0.0132 e. The predicted octanol–water partition coefficient (Wildman–Crippen LogP) is 5.75. The van der Waals surface area contributed by atoms with E-state index < -0.39 is 0 Å². The van der Waals surface area contributed by atoms with Gasteiger partial charge in [-0.2, -0.15) is 0 Å². The topological polar surface area (TPSA) is 0 Å². The molecule has 0 N–H and O–H groups in total. The van der Waals surface area contributed by atoms with Gasteiger partial charge in [0.05, 0.1) is 0 Å². The van der Waals surface area contributed by atoms with Gasteiger partial charge in [-0.1, -0.05) is 84.0 Å². The van der Waals surface area contributed by atoms with E-state index in [1.165, 1.54) is 22.3 Å². The predicted molar refractivity (Wildman–Crippen MR) is 88.1 cm³/mol. The molecule has 0 aromatic heterocycles. The lowest BCUT2D eigenvalue weighted by Gasteiger charge is -2.26. The van der Waals surface area contributed by atoms with Crippen LogP contribution in [0.1, 0.15) is 52.7 Å². The zero-order chi connectivity index (χ0) is 15.0. The van der Waals surface area contributed by atoms with E-state index in [9.17, 15) is 0 Å². The van der Waals surface area contributed by atoms with Crippen molar-refractivity contribution in [2.45, 2.75) is 52.4 Å². The second-order valence-corrected chi connectivity index (χ2v) is 7.59. The minimum atomic E-state index is 0.164. The molecule has 0 heteroatoms. The number of benzene rings is 2. The normalized spacial score (nSPS) is 12.5. The van der Waals surface area contributed by atoms with E-state index in [2.05, 4.69) is 77.9 Å². The molecule has 0 aliphatic carbocycles. The summed E-state index contributed by atoms with van der Waals surface area (Å²) in [5.74, 6) is 0. The van der Waals surface area contributed by atoms with Crippen molar-refractivity contribution in [1.82, 2.24) is 0 Å². The Labute approximate surface area is 123 Å². The molecule has 105 valence electrons. The van der Waals surface area contributed by atoms with Crippen LogP contribution >= 0.6 is 0 Å². The van der Waals surface area contributed by atoms with Gasteiger partial charge in [-0.05, 0) is 39.2 Å². The molecule has 0 aliphatic heterocycles. The van der Waals surface area contributed by atoms with Crippen molar-refractivity contribution in [3.8, 4) is 11.1 Å². The van der Waals surface area contributed by atoms with Crippen LogP contribution in [0.5, 0.6) is 0 Å². The zero-order valence-electron chi connectivity index (χ0n) is 13.5. The smallest absolute Gasteiger partial charge is 0.0132 e. The Hall–Kier alpha value is -1.56. The van der Waals surface area contributed by atoms with Gasteiger partial charge in [0.2, 0.25) is 0 Å². The molecule has 20 heavy (non-hydrogen) atoms. The van der Waals surface area contributed by atoms with Crippen molar-refractivity contribution in [2.24, 2.45) is 0 Å². The minimum Gasteiger partial charge on any atom is -0.0561 e. The maximum absolute atomic E-state index is 3.09. The summed E-state index contributed by atoms with van der Waals surface area (Å²) in [6.45, 7) is 13.7. The standard InChI is InChI=1S/C20H25/c1-19(2,3)17-12-16(15-10-8-7-9-11-15)13-18(14-17)20(4,5)6/h8-14H,1-6H3. The molecular formula is C20H25. The highest BCUT2D eigenvalue weighted by atomic mass is 14.2. The molecule has 2 aromatic carbocycles. The summed E-state index contributed by atoms with van der Waals surface area (Å²) >= 11 is 0. The average Bonchev–Trinajstić information content (AvgIpc) is 2.37. The summed E-state index contributed by atoms with van der Waals surface area (Å²) in [5.41, 5.74) is 5.69. The van der Waals surface area contributed by atoms with Crippen LogP contribution < -0.4 is 0 Å². The first-order chi connectivity index (χ1) is 9.18. The summed E-state index contributed by atoms with van der Waals surface area (Å²) in [6, 6.07) is 18.3. The Bertz CT molecular complexity index is 545. The van der Waals surface area contributed by atoms with E-state index in [0.29, 0.717) is 0 Å². The quantitative estimate of drug-likeness (QED) is 0.616. The fourth-order valence-electron chi connectivity index (χ4n) is 2.24. The first kappa shape index (κ1) is 14.8. The first-order valence-electron chi connectivity index (χ1n) is 7.30. The lowest BCUT2D eigenvalue weighted by molar-refractivity contribution is 0.569. The van der Waals surface area contributed by atoms with Crippen LogP contribution in [0.25, 0.3) is 11.1 Å². The van der Waals surface area contributed by atoms with Crippen LogP contribution in [-0.2, 0) is 10.8 Å². The summed E-state index contributed by atoms with van der Waals surface area (Å²) in [6.07, 6.45) is 0. The molecule has 0 bridgehead atoms. The molecule has 1 radical (unpaired) electrons. The molecule has 0 aliphatic rings. The van der Waals surface area contributed by atoms with Gasteiger partial charge >= 0.3 is 0 Å². The molecule has 0 saturated heterocycles. The molecule has 0 unspecified atom stereocenters. The van der Waals surface area contributed by atoms with Gasteiger partial charge in [-0.25, -0.2) is 0 Å². The number of rotatable bonds is 1. The van der Waals surface area contributed by atoms with Crippen LogP contribution in [0.2, 0.25) is 0 Å². The highest BCUT2D eigenvalue weighted by molar-refractivity contribution is 5.66. The van der Waals surface area contributed by atoms with Gasteiger partial charge in [-0.15, -0.1) is 0 Å². The summed E-state index contributed by atoms with van der Waals surface area (Å²) in [4.78, 5) is 0. The van der Waals surface area contributed by atoms with E-state index in [1.807, 2.05) is 12.1 Å². The number of hydrogen-bond acceptors (Lipinski definition) is 0. The van der Waals surface area contributed by atoms with Gasteiger partial charge < -0.3 is 0 Å². The van der Waals surface area contributed by atoms with Crippen LogP contribution in [-0.4, -0.2) is 0 Å². The van der Waals surface area contributed by atoms with Crippen molar-refractivity contribution in [3.05, 3.63) is 59.7 Å². The highest BCUT2D eigenvalue weighted by Crippen LogP contribution is 2.33. The van der Waals surface area contributed by atoms with Crippen LogP contribution in [0.15, 0.2) is 42.5 Å². The second kappa shape index (κ2) is 5.09. The van der Waals surface area contributed by atoms with Crippen molar-refractivity contribution >= 4 is 0 Å². The highest BCUT2D eigenvalue weighted by Gasteiger charge is 2.20. The lowest BCUT2D eigenvalue weighted by Crippen LogP contribution is -2.16. The average molecular weight is 265 g/mol. The van der Waals surface area contributed by atoms with E-state index in [-0.39, 0.29) is 10.8 Å². The molecule has 0 atom stereocenters. The molecule has 0 heterocycles. The Morgan fingerprint density at radius 3 is 1.50 bits per heavy atom. The Morgan fingerprint density at radius 1 is 0.650 bits per heavy atom. The number of hydrogen-bond donors (Lipinski definition) is 0. The third-order valence-corrected chi connectivity index (χ3v) is 3.72. The van der Waals surface area contributed by atoms with Gasteiger partial charge in [-0.3, -0.25) is 0 Å². The Kier molecular flexibility index (Phi) is 3.77. The van der Waals surface area contributed by atoms with Crippen molar-refractivity contribution in [3.63, 3.8) is 0 Å². The summed E-state index contributed by atoms with van der Waals surface area (Å²) in [7, 11) is 0. The third-order valence-electron chi connectivity index (χ3n) is 3.72. The van der Waals surface area contributed by atoms with E-state index in [0.717, 1.165) is 0 Å². The van der Waals surface area contributed by atoms with E-state index in [1.54, 1.807) is 0 Å². The largest absolute Gasteiger partial charge is 0.0561 e. The Morgan fingerprint density at radius 2 is 1.10 bits per heavy atom. The maximum atomic E-state index is 3.09. The van der Waals surface area contributed by atoms with Crippen LogP contribution in [0.4, 0.5) is 0 Å². The molecule has 0 fully saturated rings. The fourth-order valence-corrected chi connectivity index (χ4v) is 2.24. The molecule has 0 saturated carbocycles. The molecule has 2 rings (SSSR count). The van der Waals surface area contributed by atoms with Crippen LogP contribution in [0, 0.1) is 6.07 Å². The summed E-state index contributed by atoms with van der Waals surface area (Å²) in [5, 5.41) is 0. The van der Waals surface area contributed by atoms with Gasteiger partial charge in [0.1, 0.15) is 0 Å². The zero-order valence-corrected chi connectivity index (χ0v) is 13.5. The van der Waals surface area contributed by atoms with Crippen LogP contribution in [0.3, 0.4) is 0 Å². The van der Waals surface area contributed by atoms with Gasteiger partial charge in [0.15, 0.2) is 0 Å². The fraction of sp³-hybridized carbons (Fsp3) is 0.400. The SMILES string of the molecule is CC(C)(C)c1cc(-c2cc[c]cc2)cc(C(C)(C)C)c1. The van der Waals surface area contributed by atoms with Crippen molar-refractivity contribution < 1.29 is 0 Å². The van der Waals surface area contributed by atoms with Crippen molar-refractivity contribution in [1.29, 1.82) is 0 Å². The molecule has 0 spiro atoms. The van der Waals surface area contributed by atoms with E-state index >= 15 is 0 Å². The van der Waals surface area contributed by atoms with Gasteiger partial charge in [0.25, 0.3) is 0 Å². The van der Waals surface area contributed by atoms with E-state index in [4.69, 9.17) is 0 Å². The first-order valence-corrected chi connectivity index (χ1v) is 7.30. The monoisotopic (exact) mass is 265 g/mol. The van der Waals surface area contributed by atoms with Gasteiger partial charge in [0, 0.05) is 0 Å². The molecule has 0 nitrogen and oxygen atoms in total. The second-order valence-electron chi connectivity index (χ2n) is 7.59. The Balaban J connectivity index is 2.64. The third kappa shape index (κ3) is 3.30. The lowest BCUT2D eigenvalue weighted by atomic mass is 9.79. The molecule has 0 amide bonds. The molecule has 2 aromatic rings. The minimum absolute atomic E-state index is 0.164.